The molecule has 4 nitrogen and oxygen atoms in total. The van der Waals surface area contributed by atoms with Crippen LogP contribution in [0.3, 0.4) is 0 Å². The lowest BCUT2D eigenvalue weighted by Gasteiger charge is -2.08. The van der Waals surface area contributed by atoms with Crippen molar-refractivity contribution < 1.29 is 13.2 Å². The minimum atomic E-state index is -3.43. The fourth-order valence-corrected chi connectivity index (χ4v) is 4.98. The molecule has 3 aromatic rings. The molecule has 1 fully saturated rings. The number of benzene rings is 3. The van der Waals surface area contributed by atoms with Gasteiger partial charge in [0, 0.05) is 6.54 Å². The Balaban J connectivity index is 1.33. The number of sulfonamides is 1. The second kappa shape index (κ2) is 8.78. The summed E-state index contributed by atoms with van der Waals surface area (Å²) in [5.41, 5.74) is 2.39. The van der Waals surface area contributed by atoms with Crippen LogP contribution in [-0.2, 0) is 10.0 Å². The van der Waals surface area contributed by atoms with Gasteiger partial charge in [0.2, 0.25) is 10.0 Å². The van der Waals surface area contributed by atoms with E-state index in [1.165, 1.54) is 16.3 Å². The molecule has 0 bridgehead atoms. The van der Waals surface area contributed by atoms with Crippen molar-refractivity contribution in [1.29, 1.82) is 0 Å². The van der Waals surface area contributed by atoms with Gasteiger partial charge >= 0.3 is 0 Å². The zero-order chi connectivity index (χ0) is 21.1. The minimum absolute atomic E-state index is 0.331. The third-order valence-corrected chi connectivity index (χ3v) is 7.27. The van der Waals surface area contributed by atoms with Gasteiger partial charge in [-0.15, -0.1) is 0 Å². The predicted molar refractivity (Wildman–Crippen MR) is 122 cm³/mol. The quantitative estimate of drug-likeness (QED) is 0.501. The molecule has 0 amide bonds. The summed E-state index contributed by atoms with van der Waals surface area (Å²) in [7, 11) is -3.43. The maximum absolute atomic E-state index is 12.4. The van der Waals surface area contributed by atoms with E-state index in [-0.39, 0.29) is 0 Å². The maximum atomic E-state index is 12.4. The molecular weight excluding hydrogens is 394 g/mol. The number of hydrogen-bond donors (Lipinski definition) is 1. The first kappa shape index (κ1) is 20.9. The second-order valence-electron chi connectivity index (χ2n) is 8.22. The van der Waals surface area contributed by atoms with Crippen molar-refractivity contribution in [3.63, 3.8) is 0 Å². The van der Waals surface area contributed by atoms with Gasteiger partial charge in [0.25, 0.3) is 0 Å². The number of rotatable bonds is 9. The van der Waals surface area contributed by atoms with E-state index in [4.69, 9.17) is 4.74 Å². The van der Waals surface area contributed by atoms with E-state index in [0.29, 0.717) is 23.3 Å². The molecule has 0 radical (unpaired) electrons. The number of hydrogen-bond acceptors (Lipinski definition) is 3. The first-order valence-electron chi connectivity index (χ1n) is 10.7. The fraction of sp³-hybridized carbons (Fsp3) is 0.360. The highest BCUT2D eigenvalue weighted by molar-refractivity contribution is 7.89. The van der Waals surface area contributed by atoms with Crippen LogP contribution in [0.15, 0.2) is 65.6 Å². The molecule has 30 heavy (non-hydrogen) atoms. The first-order valence-corrected chi connectivity index (χ1v) is 12.2. The first-order chi connectivity index (χ1) is 14.5. The topological polar surface area (TPSA) is 55.4 Å². The summed E-state index contributed by atoms with van der Waals surface area (Å²) in [5.74, 6) is 1.98. The molecular formula is C25H29NO3S. The zero-order valence-corrected chi connectivity index (χ0v) is 18.4. The van der Waals surface area contributed by atoms with Crippen LogP contribution in [-0.4, -0.2) is 21.6 Å². The monoisotopic (exact) mass is 423 g/mol. The molecule has 5 heteroatoms. The maximum Gasteiger partial charge on any atom is 0.240 e. The van der Waals surface area contributed by atoms with Crippen molar-refractivity contribution >= 4 is 20.8 Å². The molecule has 4 rings (SSSR count). The highest BCUT2D eigenvalue weighted by atomic mass is 32.2. The normalized spacial score (nSPS) is 18.5. The van der Waals surface area contributed by atoms with Gasteiger partial charge in [0.05, 0.1) is 11.5 Å². The summed E-state index contributed by atoms with van der Waals surface area (Å²) in [6, 6.07) is 19.8. The van der Waals surface area contributed by atoms with E-state index in [2.05, 4.69) is 42.0 Å². The van der Waals surface area contributed by atoms with Crippen molar-refractivity contribution in [2.75, 3.05) is 13.2 Å². The van der Waals surface area contributed by atoms with Crippen molar-refractivity contribution in [2.45, 2.75) is 43.9 Å². The Hall–Kier alpha value is -2.37. The molecule has 1 N–H and O–H groups in total. The molecule has 0 saturated heterocycles. The third kappa shape index (κ3) is 4.85. The van der Waals surface area contributed by atoms with Crippen molar-refractivity contribution in [3.05, 3.63) is 71.8 Å². The lowest BCUT2D eigenvalue weighted by molar-refractivity contribution is 0.318. The van der Waals surface area contributed by atoms with Crippen molar-refractivity contribution in [1.82, 2.24) is 4.72 Å². The molecule has 1 saturated carbocycles. The standard InChI is InChI=1S/C25H29NO3S/c1-3-14-29-23-9-8-19-15-21(7-6-20(19)16-23)25-17-22(25)12-13-26-30(27,28)24-10-4-18(2)5-11-24/h4-11,15-16,22,25-26H,3,12-14,17H2,1-2H3/t22-,25+/m1/s1. The average Bonchev–Trinajstić information content (AvgIpc) is 3.51. The summed E-state index contributed by atoms with van der Waals surface area (Å²) in [4.78, 5) is 0.331. The van der Waals surface area contributed by atoms with Gasteiger partial charge in [0.15, 0.2) is 0 Å². The van der Waals surface area contributed by atoms with Crippen LogP contribution in [0.2, 0.25) is 0 Å². The number of ether oxygens (including phenoxy) is 1. The SMILES string of the molecule is CCCOc1ccc2cc([C@@H]3C[C@H]3CCNS(=O)(=O)c3ccc(C)cc3)ccc2c1. The Morgan fingerprint density at radius 1 is 1.00 bits per heavy atom. The Kier molecular flexibility index (Phi) is 6.11. The van der Waals surface area contributed by atoms with Gasteiger partial charge in [-0.05, 0) is 78.6 Å². The zero-order valence-electron chi connectivity index (χ0n) is 17.6. The van der Waals surface area contributed by atoms with Gasteiger partial charge < -0.3 is 4.74 Å². The minimum Gasteiger partial charge on any atom is -0.494 e. The highest BCUT2D eigenvalue weighted by Crippen LogP contribution is 2.49. The van der Waals surface area contributed by atoms with E-state index >= 15 is 0 Å². The molecule has 158 valence electrons. The van der Waals surface area contributed by atoms with Crippen LogP contribution in [0.5, 0.6) is 5.75 Å². The summed E-state index contributed by atoms with van der Waals surface area (Å²) in [5, 5.41) is 2.41. The number of nitrogens with one attached hydrogen (secondary N) is 1. The third-order valence-electron chi connectivity index (χ3n) is 5.80. The molecule has 0 spiro atoms. The van der Waals surface area contributed by atoms with Gasteiger partial charge in [0.1, 0.15) is 5.75 Å². The van der Waals surface area contributed by atoms with Gasteiger partial charge in [-0.3, -0.25) is 0 Å². The van der Waals surface area contributed by atoms with Gasteiger partial charge in [-0.2, -0.15) is 0 Å². The molecule has 2 atom stereocenters. The summed E-state index contributed by atoms with van der Waals surface area (Å²) < 4.78 is 33.3. The summed E-state index contributed by atoms with van der Waals surface area (Å²) >= 11 is 0. The Labute approximate surface area is 179 Å². The molecule has 0 aromatic heterocycles. The Morgan fingerprint density at radius 2 is 1.73 bits per heavy atom. The van der Waals surface area contributed by atoms with Crippen LogP contribution in [0.25, 0.3) is 10.8 Å². The Morgan fingerprint density at radius 3 is 2.50 bits per heavy atom. The number of fused-ring (bicyclic) bond motifs is 1. The smallest absolute Gasteiger partial charge is 0.240 e. The van der Waals surface area contributed by atoms with E-state index in [1.807, 2.05) is 25.1 Å². The van der Waals surface area contributed by atoms with Crippen LogP contribution in [0.4, 0.5) is 0 Å². The highest BCUT2D eigenvalue weighted by Gasteiger charge is 2.37. The predicted octanol–water partition coefficient (Wildman–Crippen LogP) is 5.41. The average molecular weight is 424 g/mol. The molecule has 1 aliphatic rings. The van der Waals surface area contributed by atoms with Crippen molar-refractivity contribution in [3.8, 4) is 5.75 Å². The summed E-state index contributed by atoms with van der Waals surface area (Å²) in [6.07, 6.45) is 2.98. The van der Waals surface area contributed by atoms with Crippen LogP contribution in [0.1, 0.15) is 43.2 Å². The molecule has 0 heterocycles. The Bertz CT molecular complexity index is 1120. The lowest BCUT2D eigenvalue weighted by Crippen LogP contribution is -2.25. The molecule has 0 unspecified atom stereocenters. The number of aryl methyl sites for hydroxylation is 1. The largest absolute Gasteiger partial charge is 0.494 e. The molecule has 3 aromatic carbocycles. The summed E-state index contributed by atoms with van der Waals surface area (Å²) in [6.45, 7) is 5.26. The van der Waals surface area contributed by atoms with Crippen LogP contribution >= 0.6 is 0 Å². The van der Waals surface area contributed by atoms with Gasteiger partial charge in [-0.25, -0.2) is 13.1 Å². The van der Waals surface area contributed by atoms with Crippen LogP contribution in [0, 0.1) is 12.8 Å². The molecule has 0 aliphatic heterocycles. The lowest BCUT2D eigenvalue weighted by atomic mass is 10.0. The second-order valence-corrected chi connectivity index (χ2v) is 9.99. The van der Waals surface area contributed by atoms with Crippen LogP contribution < -0.4 is 9.46 Å². The van der Waals surface area contributed by atoms with E-state index in [1.54, 1.807) is 12.1 Å². The van der Waals surface area contributed by atoms with E-state index in [9.17, 15) is 8.42 Å². The molecule has 1 aliphatic carbocycles. The van der Waals surface area contributed by atoms with E-state index < -0.39 is 10.0 Å². The fourth-order valence-electron chi connectivity index (χ4n) is 3.94. The van der Waals surface area contributed by atoms with Gasteiger partial charge in [-0.1, -0.05) is 48.9 Å². The van der Waals surface area contributed by atoms with Crippen molar-refractivity contribution in [2.24, 2.45) is 5.92 Å². The van der Waals surface area contributed by atoms with E-state index in [0.717, 1.165) is 37.2 Å².